The number of hydrogen-bond donors (Lipinski definition) is 0. The Morgan fingerprint density at radius 2 is 1.92 bits per heavy atom. The van der Waals surface area contributed by atoms with Crippen LogP contribution in [0.1, 0.15) is 52.4 Å². The van der Waals surface area contributed by atoms with Crippen molar-refractivity contribution in [1.29, 1.82) is 0 Å². The summed E-state index contributed by atoms with van der Waals surface area (Å²) in [6, 6.07) is 8.72. The lowest BCUT2D eigenvalue weighted by Gasteiger charge is -2.42. The zero-order chi connectivity index (χ0) is 17.4. The summed E-state index contributed by atoms with van der Waals surface area (Å²) in [5.74, 6) is 1.66. The van der Waals surface area contributed by atoms with E-state index in [1.807, 2.05) is 6.07 Å². The first kappa shape index (κ1) is 17.7. The summed E-state index contributed by atoms with van der Waals surface area (Å²) in [6.45, 7) is 4.45. The van der Waals surface area contributed by atoms with Crippen LogP contribution in [-0.4, -0.2) is 20.0 Å². The van der Waals surface area contributed by atoms with E-state index in [0.29, 0.717) is 28.9 Å². The lowest BCUT2D eigenvalue weighted by Crippen LogP contribution is -2.39. The zero-order valence-electron chi connectivity index (χ0n) is 14.7. The molecule has 4 atom stereocenters. The SMILES string of the molecule is C[C@H](CCS(=O)(=O)c1ccccc1)[C@H]1CC[C@H]2C(=O)CCC[C@]12C. The molecule has 2 saturated carbocycles. The molecule has 0 radical (unpaired) electrons. The molecule has 0 heterocycles. The fourth-order valence-corrected chi connectivity index (χ4v) is 6.68. The van der Waals surface area contributed by atoms with Crippen LogP contribution in [0.5, 0.6) is 0 Å². The average molecular weight is 349 g/mol. The molecule has 2 fully saturated rings. The van der Waals surface area contributed by atoms with Crippen LogP contribution in [0.2, 0.25) is 0 Å². The van der Waals surface area contributed by atoms with Crippen molar-refractivity contribution in [2.24, 2.45) is 23.2 Å². The molecule has 4 heteroatoms. The first-order valence-electron chi connectivity index (χ1n) is 9.15. The van der Waals surface area contributed by atoms with E-state index in [0.717, 1.165) is 32.1 Å². The number of fused-ring (bicyclic) bond motifs is 1. The average Bonchev–Trinajstić information content (AvgIpc) is 2.92. The van der Waals surface area contributed by atoms with Gasteiger partial charge in [-0.3, -0.25) is 4.79 Å². The van der Waals surface area contributed by atoms with Crippen molar-refractivity contribution in [2.75, 3.05) is 5.75 Å². The molecule has 0 amide bonds. The third-order valence-corrected chi connectivity index (χ3v) is 8.33. The van der Waals surface area contributed by atoms with Gasteiger partial charge in [-0.15, -0.1) is 0 Å². The summed E-state index contributed by atoms with van der Waals surface area (Å²) >= 11 is 0. The summed E-state index contributed by atoms with van der Waals surface area (Å²) in [5, 5.41) is 0. The molecule has 0 spiro atoms. The maximum Gasteiger partial charge on any atom is 0.178 e. The number of Topliss-reactive ketones (excluding diaryl/α,β-unsaturated/α-hetero) is 1. The van der Waals surface area contributed by atoms with E-state index in [9.17, 15) is 13.2 Å². The highest BCUT2D eigenvalue weighted by atomic mass is 32.2. The van der Waals surface area contributed by atoms with E-state index in [-0.39, 0.29) is 17.1 Å². The van der Waals surface area contributed by atoms with E-state index in [1.54, 1.807) is 24.3 Å². The third kappa shape index (κ3) is 3.17. The van der Waals surface area contributed by atoms with Gasteiger partial charge in [0.1, 0.15) is 5.78 Å². The van der Waals surface area contributed by atoms with E-state index in [1.165, 1.54) is 0 Å². The number of hydrogen-bond acceptors (Lipinski definition) is 3. The van der Waals surface area contributed by atoms with Crippen molar-refractivity contribution in [3.8, 4) is 0 Å². The molecule has 2 aliphatic rings. The molecule has 0 aliphatic heterocycles. The van der Waals surface area contributed by atoms with Crippen LogP contribution in [-0.2, 0) is 14.6 Å². The van der Waals surface area contributed by atoms with Gasteiger partial charge in [-0.25, -0.2) is 8.42 Å². The lowest BCUT2D eigenvalue weighted by atomic mass is 9.62. The molecule has 0 bridgehead atoms. The smallest absolute Gasteiger partial charge is 0.178 e. The Morgan fingerprint density at radius 1 is 1.21 bits per heavy atom. The molecule has 1 aromatic carbocycles. The number of sulfone groups is 1. The van der Waals surface area contributed by atoms with E-state index < -0.39 is 9.84 Å². The lowest BCUT2D eigenvalue weighted by molar-refractivity contribution is -0.130. The Balaban J connectivity index is 1.67. The Hall–Kier alpha value is -1.16. The van der Waals surface area contributed by atoms with Gasteiger partial charge in [0.15, 0.2) is 9.84 Å². The van der Waals surface area contributed by atoms with Gasteiger partial charge in [-0.2, -0.15) is 0 Å². The monoisotopic (exact) mass is 348 g/mol. The second-order valence-electron chi connectivity index (χ2n) is 7.96. The normalized spacial score (nSPS) is 31.7. The highest BCUT2D eigenvalue weighted by Gasteiger charge is 2.52. The molecule has 0 aromatic heterocycles. The van der Waals surface area contributed by atoms with E-state index in [2.05, 4.69) is 13.8 Å². The molecule has 1 aromatic rings. The van der Waals surface area contributed by atoms with Crippen molar-refractivity contribution < 1.29 is 13.2 Å². The fourth-order valence-electron chi connectivity index (χ4n) is 5.19. The Labute approximate surface area is 145 Å². The summed E-state index contributed by atoms with van der Waals surface area (Å²) in [5.41, 5.74) is 0.0886. The second-order valence-corrected chi connectivity index (χ2v) is 10.1. The van der Waals surface area contributed by atoms with Gasteiger partial charge in [0.25, 0.3) is 0 Å². The van der Waals surface area contributed by atoms with Crippen molar-refractivity contribution in [3.05, 3.63) is 30.3 Å². The molecule has 0 saturated heterocycles. The number of benzene rings is 1. The molecule has 0 unspecified atom stereocenters. The van der Waals surface area contributed by atoms with Crippen LogP contribution in [0, 0.1) is 23.2 Å². The van der Waals surface area contributed by atoms with Crippen LogP contribution in [0.4, 0.5) is 0 Å². The molecule has 3 nitrogen and oxygen atoms in total. The van der Waals surface area contributed by atoms with Crippen LogP contribution < -0.4 is 0 Å². The largest absolute Gasteiger partial charge is 0.299 e. The van der Waals surface area contributed by atoms with Crippen molar-refractivity contribution >= 4 is 15.6 Å². The van der Waals surface area contributed by atoms with E-state index in [4.69, 9.17) is 0 Å². The molecule has 24 heavy (non-hydrogen) atoms. The molecular weight excluding hydrogens is 320 g/mol. The van der Waals surface area contributed by atoms with Crippen molar-refractivity contribution in [3.63, 3.8) is 0 Å². The minimum Gasteiger partial charge on any atom is -0.299 e. The van der Waals surface area contributed by atoms with Gasteiger partial charge in [0.05, 0.1) is 10.6 Å². The van der Waals surface area contributed by atoms with Crippen LogP contribution in [0.3, 0.4) is 0 Å². The van der Waals surface area contributed by atoms with E-state index >= 15 is 0 Å². The van der Waals surface area contributed by atoms with Gasteiger partial charge in [0.2, 0.25) is 0 Å². The highest BCUT2D eigenvalue weighted by molar-refractivity contribution is 7.91. The summed E-state index contributed by atoms with van der Waals surface area (Å²) in [4.78, 5) is 12.7. The number of ketones is 1. The molecule has 132 valence electrons. The Bertz CT molecular complexity index is 695. The zero-order valence-corrected chi connectivity index (χ0v) is 15.5. The molecule has 2 aliphatic carbocycles. The first-order valence-corrected chi connectivity index (χ1v) is 10.8. The summed E-state index contributed by atoms with van der Waals surface area (Å²) in [7, 11) is -3.21. The second kappa shape index (κ2) is 6.62. The van der Waals surface area contributed by atoms with Crippen molar-refractivity contribution in [1.82, 2.24) is 0 Å². The maximum atomic E-state index is 12.5. The Morgan fingerprint density at radius 3 is 2.62 bits per heavy atom. The standard InChI is InChI=1S/C20H28O3S/c1-15(12-14-24(22,23)16-7-4-3-5-8-16)17-10-11-18-19(21)9-6-13-20(17,18)2/h3-5,7-8,15,17-18H,6,9-14H2,1-2H3/t15-,17-,18+,20-/m1/s1. The predicted octanol–water partition coefficient (Wildman–Crippen LogP) is 4.27. The predicted molar refractivity (Wildman–Crippen MR) is 95.5 cm³/mol. The van der Waals surface area contributed by atoms with Crippen LogP contribution >= 0.6 is 0 Å². The summed E-state index contributed by atoms with van der Waals surface area (Å²) in [6.07, 6.45) is 5.60. The third-order valence-electron chi connectivity index (χ3n) is 6.57. The topological polar surface area (TPSA) is 51.2 Å². The first-order chi connectivity index (χ1) is 11.3. The number of carbonyl (C=O) groups is 1. The Kier molecular flexibility index (Phi) is 4.87. The molecular formula is C20H28O3S. The van der Waals surface area contributed by atoms with Crippen LogP contribution in [0.25, 0.3) is 0 Å². The maximum absolute atomic E-state index is 12.5. The quantitative estimate of drug-likeness (QED) is 0.798. The number of rotatable bonds is 5. The number of carbonyl (C=O) groups excluding carboxylic acids is 1. The van der Waals surface area contributed by atoms with Crippen molar-refractivity contribution in [2.45, 2.75) is 57.3 Å². The molecule has 3 rings (SSSR count). The van der Waals surface area contributed by atoms with Gasteiger partial charge in [-0.05, 0) is 61.5 Å². The highest BCUT2D eigenvalue weighted by Crippen LogP contribution is 2.57. The van der Waals surface area contributed by atoms with Crippen LogP contribution in [0.15, 0.2) is 35.2 Å². The van der Waals surface area contributed by atoms with Gasteiger partial charge in [0, 0.05) is 12.3 Å². The summed E-state index contributed by atoms with van der Waals surface area (Å²) < 4.78 is 25.0. The minimum atomic E-state index is -3.21. The van der Waals surface area contributed by atoms with Gasteiger partial charge in [-0.1, -0.05) is 32.0 Å². The van der Waals surface area contributed by atoms with Gasteiger partial charge >= 0.3 is 0 Å². The molecule has 0 N–H and O–H groups in total. The minimum absolute atomic E-state index is 0.0886. The fraction of sp³-hybridized carbons (Fsp3) is 0.650. The van der Waals surface area contributed by atoms with Gasteiger partial charge < -0.3 is 0 Å².